The molecule has 0 aliphatic heterocycles. The van der Waals surface area contributed by atoms with Crippen molar-refractivity contribution in [2.45, 2.75) is 32.8 Å². The van der Waals surface area contributed by atoms with Gasteiger partial charge in [0.2, 0.25) is 0 Å². The Morgan fingerprint density at radius 2 is 2.18 bits per heavy atom. The first-order valence-electron chi connectivity index (χ1n) is 6.08. The van der Waals surface area contributed by atoms with Crippen molar-refractivity contribution in [3.63, 3.8) is 0 Å². The van der Waals surface area contributed by atoms with Crippen LogP contribution < -0.4 is 10.1 Å². The molecule has 96 valence electrons. The SMILES string of the molecule is COc1cccnc1NCCCCOC(C)C. The molecule has 0 spiro atoms. The molecule has 1 aromatic rings. The summed E-state index contributed by atoms with van der Waals surface area (Å²) in [6.45, 7) is 5.81. The van der Waals surface area contributed by atoms with Gasteiger partial charge in [-0.15, -0.1) is 0 Å². The molecule has 0 unspecified atom stereocenters. The van der Waals surface area contributed by atoms with E-state index in [0.29, 0.717) is 6.10 Å². The number of nitrogens with zero attached hydrogens (tertiary/aromatic N) is 1. The van der Waals surface area contributed by atoms with Gasteiger partial charge in [0.05, 0.1) is 13.2 Å². The predicted octanol–water partition coefficient (Wildman–Crippen LogP) is 2.71. The van der Waals surface area contributed by atoms with E-state index in [1.807, 2.05) is 12.1 Å². The molecule has 1 heterocycles. The first-order valence-corrected chi connectivity index (χ1v) is 6.08. The molecule has 0 aromatic carbocycles. The lowest BCUT2D eigenvalue weighted by atomic mass is 10.3. The van der Waals surface area contributed by atoms with E-state index in [9.17, 15) is 0 Å². The molecule has 0 aliphatic rings. The third kappa shape index (κ3) is 5.54. The lowest BCUT2D eigenvalue weighted by Crippen LogP contribution is -2.08. The van der Waals surface area contributed by atoms with E-state index < -0.39 is 0 Å². The molecule has 0 atom stereocenters. The Morgan fingerprint density at radius 3 is 2.88 bits per heavy atom. The Morgan fingerprint density at radius 1 is 1.35 bits per heavy atom. The van der Waals surface area contributed by atoms with Gasteiger partial charge in [-0.3, -0.25) is 0 Å². The highest BCUT2D eigenvalue weighted by Crippen LogP contribution is 2.19. The van der Waals surface area contributed by atoms with Crippen LogP contribution in [0, 0.1) is 0 Å². The fourth-order valence-corrected chi connectivity index (χ4v) is 1.44. The summed E-state index contributed by atoms with van der Waals surface area (Å²) in [7, 11) is 1.65. The first-order chi connectivity index (χ1) is 8.24. The second-order valence-corrected chi connectivity index (χ2v) is 4.11. The molecule has 0 bridgehead atoms. The van der Waals surface area contributed by atoms with Crippen molar-refractivity contribution < 1.29 is 9.47 Å². The lowest BCUT2D eigenvalue weighted by Gasteiger charge is -2.10. The molecule has 0 fully saturated rings. The molecule has 1 rings (SSSR count). The van der Waals surface area contributed by atoms with E-state index in [1.54, 1.807) is 13.3 Å². The van der Waals surface area contributed by atoms with E-state index in [4.69, 9.17) is 9.47 Å². The number of rotatable bonds is 8. The Bertz CT molecular complexity index is 316. The van der Waals surface area contributed by atoms with Gasteiger partial charge in [0.15, 0.2) is 11.6 Å². The molecule has 4 heteroatoms. The summed E-state index contributed by atoms with van der Waals surface area (Å²) in [5.41, 5.74) is 0. The maximum absolute atomic E-state index is 5.47. The van der Waals surface area contributed by atoms with E-state index in [-0.39, 0.29) is 0 Å². The van der Waals surface area contributed by atoms with E-state index in [1.165, 1.54) is 0 Å². The van der Waals surface area contributed by atoms with Crippen LogP contribution >= 0.6 is 0 Å². The molecular weight excluding hydrogens is 216 g/mol. The van der Waals surface area contributed by atoms with Crippen molar-refractivity contribution in [3.05, 3.63) is 18.3 Å². The minimum atomic E-state index is 0.318. The number of hydrogen-bond donors (Lipinski definition) is 1. The number of pyridine rings is 1. The Labute approximate surface area is 103 Å². The van der Waals surface area contributed by atoms with E-state index >= 15 is 0 Å². The van der Waals surface area contributed by atoms with Crippen LogP contribution in [0.25, 0.3) is 0 Å². The molecule has 0 saturated carbocycles. The third-order valence-corrected chi connectivity index (χ3v) is 2.31. The average Bonchev–Trinajstić information content (AvgIpc) is 2.33. The van der Waals surface area contributed by atoms with Crippen LogP contribution in [0.4, 0.5) is 5.82 Å². The van der Waals surface area contributed by atoms with Crippen molar-refractivity contribution in [1.82, 2.24) is 4.98 Å². The molecule has 4 nitrogen and oxygen atoms in total. The van der Waals surface area contributed by atoms with Crippen molar-refractivity contribution in [2.24, 2.45) is 0 Å². The summed E-state index contributed by atoms with van der Waals surface area (Å²) in [5, 5.41) is 3.26. The highest BCUT2D eigenvalue weighted by molar-refractivity contribution is 5.49. The molecule has 0 aliphatic carbocycles. The minimum Gasteiger partial charge on any atom is -0.493 e. The third-order valence-electron chi connectivity index (χ3n) is 2.31. The van der Waals surface area contributed by atoms with Gasteiger partial charge in [0.1, 0.15) is 0 Å². The van der Waals surface area contributed by atoms with Crippen molar-refractivity contribution in [3.8, 4) is 5.75 Å². The fraction of sp³-hybridized carbons (Fsp3) is 0.615. The zero-order chi connectivity index (χ0) is 12.5. The largest absolute Gasteiger partial charge is 0.493 e. The summed E-state index contributed by atoms with van der Waals surface area (Å²) in [4.78, 5) is 4.23. The normalized spacial score (nSPS) is 10.6. The summed E-state index contributed by atoms with van der Waals surface area (Å²) >= 11 is 0. The molecule has 0 amide bonds. The number of unbranched alkanes of at least 4 members (excludes halogenated alkanes) is 1. The van der Waals surface area contributed by atoms with Crippen LogP contribution in [-0.2, 0) is 4.74 Å². The quantitative estimate of drug-likeness (QED) is 0.707. The van der Waals surface area contributed by atoms with Crippen LogP contribution in [-0.4, -0.2) is 31.3 Å². The van der Waals surface area contributed by atoms with Gasteiger partial charge < -0.3 is 14.8 Å². The second kappa shape index (κ2) is 7.90. The zero-order valence-corrected chi connectivity index (χ0v) is 10.9. The lowest BCUT2D eigenvalue weighted by molar-refractivity contribution is 0.0765. The standard InChI is InChI=1S/C13H22N2O2/c1-11(2)17-10-5-4-8-14-13-12(16-3)7-6-9-15-13/h6-7,9,11H,4-5,8,10H2,1-3H3,(H,14,15). The van der Waals surface area contributed by atoms with Crippen LogP contribution in [0.15, 0.2) is 18.3 Å². The number of aromatic nitrogens is 1. The van der Waals surface area contributed by atoms with Gasteiger partial charge in [-0.25, -0.2) is 4.98 Å². The highest BCUT2D eigenvalue weighted by Gasteiger charge is 2.01. The fourth-order valence-electron chi connectivity index (χ4n) is 1.44. The Hall–Kier alpha value is -1.29. The van der Waals surface area contributed by atoms with Crippen molar-refractivity contribution >= 4 is 5.82 Å². The summed E-state index contributed by atoms with van der Waals surface area (Å²) in [5.74, 6) is 1.59. The predicted molar refractivity (Wildman–Crippen MR) is 69.6 cm³/mol. The monoisotopic (exact) mass is 238 g/mol. The molecule has 0 radical (unpaired) electrons. The molecular formula is C13H22N2O2. The van der Waals surface area contributed by atoms with Gasteiger partial charge in [-0.1, -0.05) is 0 Å². The summed E-state index contributed by atoms with van der Waals surface area (Å²) in [6.07, 6.45) is 4.19. The second-order valence-electron chi connectivity index (χ2n) is 4.11. The number of nitrogens with one attached hydrogen (secondary N) is 1. The van der Waals surface area contributed by atoms with Crippen LogP contribution in [0.2, 0.25) is 0 Å². The first kappa shape index (κ1) is 13.8. The van der Waals surface area contributed by atoms with Crippen LogP contribution in [0.5, 0.6) is 5.75 Å². The number of anilines is 1. The summed E-state index contributed by atoms with van der Waals surface area (Å²) in [6, 6.07) is 3.76. The van der Waals surface area contributed by atoms with Crippen LogP contribution in [0.1, 0.15) is 26.7 Å². The van der Waals surface area contributed by atoms with Crippen molar-refractivity contribution in [1.29, 1.82) is 0 Å². The van der Waals surface area contributed by atoms with E-state index in [2.05, 4.69) is 24.1 Å². The van der Waals surface area contributed by atoms with Gasteiger partial charge in [-0.2, -0.15) is 0 Å². The molecule has 1 aromatic heterocycles. The van der Waals surface area contributed by atoms with Gasteiger partial charge in [0.25, 0.3) is 0 Å². The summed E-state index contributed by atoms with van der Waals surface area (Å²) < 4.78 is 10.7. The Kier molecular flexibility index (Phi) is 6.40. The zero-order valence-electron chi connectivity index (χ0n) is 10.9. The smallest absolute Gasteiger partial charge is 0.168 e. The minimum absolute atomic E-state index is 0.318. The number of ether oxygens (including phenoxy) is 2. The van der Waals surface area contributed by atoms with Gasteiger partial charge in [0, 0.05) is 19.3 Å². The average molecular weight is 238 g/mol. The van der Waals surface area contributed by atoms with Gasteiger partial charge in [-0.05, 0) is 38.8 Å². The maximum Gasteiger partial charge on any atom is 0.168 e. The molecule has 1 N–H and O–H groups in total. The highest BCUT2D eigenvalue weighted by atomic mass is 16.5. The Balaban J connectivity index is 2.17. The van der Waals surface area contributed by atoms with Crippen LogP contribution in [0.3, 0.4) is 0 Å². The molecule has 0 saturated heterocycles. The topological polar surface area (TPSA) is 43.4 Å². The number of methoxy groups -OCH3 is 1. The maximum atomic E-state index is 5.47. The number of hydrogen-bond acceptors (Lipinski definition) is 4. The van der Waals surface area contributed by atoms with Gasteiger partial charge >= 0.3 is 0 Å². The van der Waals surface area contributed by atoms with E-state index in [0.717, 1.165) is 37.6 Å². The van der Waals surface area contributed by atoms with Crippen molar-refractivity contribution in [2.75, 3.05) is 25.6 Å². The molecule has 17 heavy (non-hydrogen) atoms.